The molecule has 0 spiro atoms. The van der Waals surface area contributed by atoms with Crippen LogP contribution in [0.4, 0.5) is 13.2 Å². The normalized spacial score (nSPS) is 12.5. The van der Waals surface area contributed by atoms with Crippen LogP contribution in [0, 0.1) is 17.5 Å². The lowest BCUT2D eigenvalue weighted by atomic mass is 10.0. The molecule has 1 atom stereocenters. The van der Waals surface area contributed by atoms with Crippen molar-refractivity contribution in [3.05, 3.63) is 67.9 Å². The van der Waals surface area contributed by atoms with Crippen LogP contribution in [-0.4, -0.2) is 5.11 Å². The van der Waals surface area contributed by atoms with Crippen molar-refractivity contribution in [2.45, 2.75) is 12.5 Å². The average Bonchev–Trinajstić information content (AvgIpc) is 2.32. The Bertz CT molecular complexity index is 623. The smallest absolute Gasteiger partial charge is 0.133 e. The van der Waals surface area contributed by atoms with Gasteiger partial charge in [0, 0.05) is 15.4 Å². The van der Waals surface area contributed by atoms with Crippen molar-refractivity contribution < 1.29 is 18.3 Å². The zero-order valence-corrected chi connectivity index (χ0v) is 13.2. The molecule has 0 aliphatic heterocycles. The molecule has 2 aromatic carbocycles. The molecule has 0 saturated heterocycles. The molecule has 2 aromatic rings. The highest BCUT2D eigenvalue weighted by atomic mass is 79.9. The first-order valence-electron chi connectivity index (χ1n) is 5.65. The van der Waals surface area contributed by atoms with E-state index in [2.05, 4.69) is 31.9 Å². The van der Waals surface area contributed by atoms with Crippen molar-refractivity contribution >= 4 is 31.9 Å². The summed E-state index contributed by atoms with van der Waals surface area (Å²) in [7, 11) is 0. The second-order valence-corrected chi connectivity index (χ2v) is 6.01. The number of rotatable bonds is 3. The largest absolute Gasteiger partial charge is 0.388 e. The van der Waals surface area contributed by atoms with E-state index >= 15 is 0 Å². The van der Waals surface area contributed by atoms with Crippen molar-refractivity contribution in [1.29, 1.82) is 0 Å². The number of benzene rings is 2. The molecule has 0 amide bonds. The van der Waals surface area contributed by atoms with Crippen molar-refractivity contribution in [3.8, 4) is 0 Å². The van der Waals surface area contributed by atoms with Crippen LogP contribution in [0.5, 0.6) is 0 Å². The highest BCUT2D eigenvalue weighted by molar-refractivity contribution is 9.10. The van der Waals surface area contributed by atoms with Gasteiger partial charge in [-0.25, -0.2) is 13.2 Å². The summed E-state index contributed by atoms with van der Waals surface area (Å²) in [5, 5.41) is 10.0. The molecular formula is C14H9Br2F3O. The molecule has 0 heterocycles. The first kappa shape index (κ1) is 15.5. The molecule has 0 saturated carbocycles. The maximum absolute atomic E-state index is 13.7. The Balaban J connectivity index is 2.33. The van der Waals surface area contributed by atoms with Crippen LogP contribution in [-0.2, 0) is 6.42 Å². The molecule has 0 aliphatic rings. The number of hydrogen-bond acceptors (Lipinski definition) is 1. The molecule has 20 heavy (non-hydrogen) atoms. The maximum Gasteiger partial charge on any atom is 0.133 e. The molecule has 0 fully saturated rings. The van der Waals surface area contributed by atoms with Gasteiger partial charge in [0.2, 0.25) is 0 Å². The van der Waals surface area contributed by atoms with Crippen LogP contribution in [0.15, 0.2) is 39.3 Å². The molecule has 0 aromatic heterocycles. The maximum atomic E-state index is 13.7. The van der Waals surface area contributed by atoms with Crippen LogP contribution in [0.2, 0.25) is 0 Å². The van der Waals surface area contributed by atoms with Gasteiger partial charge in [-0.2, -0.15) is 0 Å². The molecule has 1 unspecified atom stereocenters. The van der Waals surface area contributed by atoms with Crippen molar-refractivity contribution in [2.24, 2.45) is 0 Å². The van der Waals surface area contributed by atoms with E-state index in [9.17, 15) is 18.3 Å². The molecule has 1 N–H and O–H groups in total. The van der Waals surface area contributed by atoms with E-state index in [0.29, 0.717) is 10.0 Å². The second kappa shape index (κ2) is 6.28. The van der Waals surface area contributed by atoms with Crippen LogP contribution in [0.3, 0.4) is 0 Å². The van der Waals surface area contributed by atoms with E-state index in [-0.39, 0.29) is 10.9 Å². The molecule has 0 bridgehead atoms. The van der Waals surface area contributed by atoms with Gasteiger partial charge in [-0.1, -0.05) is 31.9 Å². The lowest BCUT2D eigenvalue weighted by Crippen LogP contribution is -2.08. The SMILES string of the molecule is OC(Cc1cc(F)ccc1Br)c1c(F)cc(Br)cc1F. The molecule has 1 nitrogen and oxygen atoms in total. The lowest BCUT2D eigenvalue weighted by Gasteiger charge is -2.14. The van der Waals surface area contributed by atoms with Gasteiger partial charge in [0.05, 0.1) is 11.7 Å². The highest BCUT2D eigenvalue weighted by Gasteiger charge is 2.20. The van der Waals surface area contributed by atoms with E-state index < -0.39 is 29.1 Å². The first-order chi connectivity index (χ1) is 9.38. The standard InChI is InChI=1S/C14H9Br2F3O/c15-8-5-11(18)14(12(19)6-8)13(20)4-7-3-9(17)1-2-10(7)16/h1-3,5-6,13,20H,4H2. The minimum absolute atomic E-state index is 0.103. The Kier molecular flexibility index (Phi) is 4.88. The van der Waals surface area contributed by atoms with E-state index in [0.717, 1.165) is 12.1 Å². The summed E-state index contributed by atoms with van der Waals surface area (Å²) in [6, 6.07) is 6.08. The van der Waals surface area contributed by atoms with Gasteiger partial charge < -0.3 is 5.11 Å². The number of hydrogen-bond donors (Lipinski definition) is 1. The summed E-state index contributed by atoms with van der Waals surface area (Å²) in [4.78, 5) is 0. The van der Waals surface area contributed by atoms with Crippen molar-refractivity contribution in [2.75, 3.05) is 0 Å². The Hall–Kier alpha value is -0.850. The average molecular weight is 410 g/mol. The van der Waals surface area contributed by atoms with Crippen LogP contribution in [0.25, 0.3) is 0 Å². The Labute approximate surface area is 130 Å². The number of aliphatic hydroxyl groups is 1. The van der Waals surface area contributed by atoms with Gasteiger partial charge in [-0.05, 0) is 35.9 Å². The summed E-state index contributed by atoms with van der Waals surface area (Å²) >= 11 is 6.17. The summed E-state index contributed by atoms with van der Waals surface area (Å²) < 4.78 is 41.4. The molecule has 0 radical (unpaired) electrons. The fraction of sp³-hybridized carbons (Fsp3) is 0.143. The molecule has 6 heteroatoms. The van der Waals surface area contributed by atoms with Crippen molar-refractivity contribution in [3.63, 3.8) is 0 Å². The van der Waals surface area contributed by atoms with Crippen LogP contribution < -0.4 is 0 Å². The zero-order valence-electron chi connectivity index (χ0n) is 10.0. The van der Waals surface area contributed by atoms with E-state index in [4.69, 9.17) is 0 Å². The number of aliphatic hydroxyl groups excluding tert-OH is 1. The van der Waals surface area contributed by atoms with Gasteiger partial charge in [0.25, 0.3) is 0 Å². The summed E-state index contributed by atoms with van der Waals surface area (Å²) in [5.74, 6) is -2.18. The first-order valence-corrected chi connectivity index (χ1v) is 7.23. The quantitative estimate of drug-likeness (QED) is 0.763. The van der Waals surface area contributed by atoms with E-state index in [1.54, 1.807) is 0 Å². The summed E-state index contributed by atoms with van der Waals surface area (Å²) in [5.41, 5.74) is 0.00331. The van der Waals surface area contributed by atoms with Crippen molar-refractivity contribution in [1.82, 2.24) is 0 Å². The highest BCUT2D eigenvalue weighted by Crippen LogP contribution is 2.29. The Morgan fingerprint density at radius 1 is 1.00 bits per heavy atom. The zero-order chi connectivity index (χ0) is 14.9. The van der Waals surface area contributed by atoms with Gasteiger partial charge in [-0.15, -0.1) is 0 Å². The second-order valence-electron chi connectivity index (χ2n) is 4.24. The predicted octanol–water partition coefficient (Wildman–Crippen LogP) is 4.91. The van der Waals surface area contributed by atoms with Gasteiger partial charge in [0.1, 0.15) is 17.5 Å². The third-order valence-electron chi connectivity index (χ3n) is 2.80. The summed E-state index contributed by atoms with van der Waals surface area (Å²) in [6.45, 7) is 0. The fourth-order valence-electron chi connectivity index (χ4n) is 1.88. The molecular weight excluding hydrogens is 401 g/mol. The van der Waals surface area contributed by atoms with E-state index in [1.165, 1.54) is 18.2 Å². The Morgan fingerprint density at radius 3 is 2.20 bits per heavy atom. The van der Waals surface area contributed by atoms with Crippen LogP contribution >= 0.6 is 31.9 Å². The third-order valence-corrected chi connectivity index (χ3v) is 4.03. The topological polar surface area (TPSA) is 20.2 Å². The van der Waals surface area contributed by atoms with Gasteiger partial charge in [0.15, 0.2) is 0 Å². The Morgan fingerprint density at radius 2 is 1.60 bits per heavy atom. The monoisotopic (exact) mass is 408 g/mol. The predicted molar refractivity (Wildman–Crippen MR) is 76.8 cm³/mol. The molecule has 0 aliphatic carbocycles. The fourth-order valence-corrected chi connectivity index (χ4v) is 2.69. The summed E-state index contributed by atoms with van der Waals surface area (Å²) in [6.07, 6.45) is -1.51. The third kappa shape index (κ3) is 3.42. The number of halogens is 5. The minimum Gasteiger partial charge on any atom is -0.388 e. The van der Waals surface area contributed by atoms with Gasteiger partial charge >= 0.3 is 0 Å². The molecule has 106 valence electrons. The lowest BCUT2D eigenvalue weighted by molar-refractivity contribution is 0.168. The van der Waals surface area contributed by atoms with Crippen LogP contribution in [0.1, 0.15) is 17.2 Å². The van der Waals surface area contributed by atoms with Gasteiger partial charge in [-0.3, -0.25) is 0 Å². The minimum atomic E-state index is -1.40. The molecule has 2 rings (SSSR count). The van der Waals surface area contributed by atoms with E-state index in [1.807, 2.05) is 0 Å².